The van der Waals surface area contributed by atoms with Crippen molar-refractivity contribution in [3.63, 3.8) is 0 Å². The van der Waals surface area contributed by atoms with E-state index < -0.39 is 7.60 Å². The van der Waals surface area contributed by atoms with Crippen LogP contribution in [0.15, 0.2) is 35.1 Å². The van der Waals surface area contributed by atoms with Gasteiger partial charge in [-0.25, -0.2) is 0 Å². The Kier molecular flexibility index (Phi) is 5.22. The van der Waals surface area contributed by atoms with Gasteiger partial charge in [0.2, 0.25) is 0 Å². The second-order valence-electron chi connectivity index (χ2n) is 8.22. The summed E-state index contributed by atoms with van der Waals surface area (Å²) in [4.78, 5) is 18.5. The minimum Gasteiger partial charge on any atom is -0.512 e. The van der Waals surface area contributed by atoms with Gasteiger partial charge >= 0.3 is 7.60 Å². The summed E-state index contributed by atoms with van der Waals surface area (Å²) in [5.74, 6) is 1.31. The molecule has 3 N–H and O–H groups in total. The minimum absolute atomic E-state index is 0.144. The molecule has 4 nitrogen and oxygen atoms in total. The molecule has 0 heterocycles. The van der Waals surface area contributed by atoms with Crippen LogP contribution in [0.3, 0.4) is 0 Å². The Balaban J connectivity index is 1.98. The van der Waals surface area contributed by atoms with Crippen molar-refractivity contribution < 1.29 is 19.5 Å². The third kappa shape index (κ3) is 3.83. The van der Waals surface area contributed by atoms with E-state index in [2.05, 4.69) is 26.8 Å². The number of hydrogen-bond acceptors (Lipinski definition) is 2. The summed E-state index contributed by atoms with van der Waals surface area (Å²) in [7, 11) is -4.05. The lowest BCUT2D eigenvalue weighted by molar-refractivity contribution is 0.320. The highest BCUT2D eigenvalue weighted by Gasteiger charge is 2.32. The van der Waals surface area contributed by atoms with Crippen LogP contribution in [0.5, 0.6) is 0 Å². The van der Waals surface area contributed by atoms with Crippen LogP contribution < -0.4 is 0 Å². The van der Waals surface area contributed by atoms with Crippen LogP contribution in [0.2, 0.25) is 0 Å². The molecule has 2 atom stereocenters. The van der Waals surface area contributed by atoms with Gasteiger partial charge in [0.05, 0.1) is 11.9 Å². The Bertz CT molecular complexity index is 829. The van der Waals surface area contributed by atoms with Crippen LogP contribution in [0.4, 0.5) is 0 Å². The highest BCUT2D eigenvalue weighted by molar-refractivity contribution is 7.50. The number of fused-ring (bicyclic) bond motifs is 1. The van der Waals surface area contributed by atoms with Crippen molar-refractivity contribution in [3.05, 3.63) is 57.4 Å². The lowest BCUT2D eigenvalue weighted by Crippen LogP contribution is -2.15. The second kappa shape index (κ2) is 6.99. The standard InChI is InChI=1S/C21H29O4P/c1-12(2)19-10-17(8-14(4)21(19)22)18-6-5-16-9-15(11-26(23,24)25)7-13(3)20(16)18/h7,9-10,12,14,18,22H,5-6,8,11H2,1-4H3,(H2,23,24,25). The van der Waals surface area contributed by atoms with Crippen molar-refractivity contribution in [1.29, 1.82) is 0 Å². The van der Waals surface area contributed by atoms with Crippen LogP contribution in [0.1, 0.15) is 61.8 Å². The highest BCUT2D eigenvalue weighted by atomic mass is 31.2. The molecule has 0 bridgehead atoms. The lowest BCUT2D eigenvalue weighted by atomic mass is 9.78. The van der Waals surface area contributed by atoms with Gasteiger partial charge in [-0.2, -0.15) is 0 Å². The Hall–Kier alpha value is -1.35. The fraction of sp³-hybridized carbons (Fsp3) is 0.524. The second-order valence-corrected chi connectivity index (χ2v) is 9.86. The highest BCUT2D eigenvalue weighted by Crippen LogP contribution is 2.47. The maximum absolute atomic E-state index is 11.3. The normalized spacial score (nSPS) is 23.4. The van der Waals surface area contributed by atoms with Gasteiger partial charge in [0.15, 0.2) is 0 Å². The Morgan fingerprint density at radius 3 is 2.58 bits per heavy atom. The summed E-state index contributed by atoms with van der Waals surface area (Å²) in [6.45, 7) is 8.35. The third-order valence-corrected chi connectivity index (χ3v) is 6.46. The molecule has 0 amide bonds. The maximum Gasteiger partial charge on any atom is 0.329 e. The summed E-state index contributed by atoms with van der Waals surface area (Å²) in [5, 5.41) is 10.4. The molecule has 0 saturated heterocycles. The molecule has 142 valence electrons. The first-order valence-corrected chi connectivity index (χ1v) is 11.2. The summed E-state index contributed by atoms with van der Waals surface area (Å²) in [6.07, 6.45) is 4.84. The summed E-state index contributed by atoms with van der Waals surface area (Å²) in [5.41, 5.74) is 6.80. The Morgan fingerprint density at radius 2 is 1.96 bits per heavy atom. The zero-order valence-electron chi connectivity index (χ0n) is 16.0. The Labute approximate surface area is 155 Å². The summed E-state index contributed by atoms with van der Waals surface area (Å²) < 4.78 is 11.3. The molecular weight excluding hydrogens is 347 g/mol. The molecule has 0 aromatic heterocycles. The van der Waals surface area contributed by atoms with Crippen molar-refractivity contribution in [2.75, 3.05) is 0 Å². The van der Waals surface area contributed by atoms with E-state index in [0.29, 0.717) is 17.6 Å². The SMILES string of the molecule is Cc1cc(CP(=O)(O)O)cc2c1C(C1=CC(C(C)C)=C(O)C(C)C1)CC2. The Morgan fingerprint density at radius 1 is 1.27 bits per heavy atom. The van der Waals surface area contributed by atoms with E-state index in [1.165, 1.54) is 16.7 Å². The molecule has 2 aliphatic rings. The molecule has 1 aromatic carbocycles. The fourth-order valence-corrected chi connectivity index (χ4v) is 5.23. The molecule has 2 aliphatic carbocycles. The van der Waals surface area contributed by atoms with Crippen molar-refractivity contribution in [2.45, 2.75) is 59.0 Å². The van der Waals surface area contributed by atoms with Gasteiger partial charge in [0.1, 0.15) is 0 Å². The first-order valence-electron chi connectivity index (χ1n) is 9.37. The average Bonchev–Trinajstić information content (AvgIpc) is 2.92. The van der Waals surface area contributed by atoms with Crippen molar-refractivity contribution in [1.82, 2.24) is 0 Å². The van der Waals surface area contributed by atoms with Gasteiger partial charge in [0, 0.05) is 11.8 Å². The van der Waals surface area contributed by atoms with Crippen molar-refractivity contribution >= 4 is 7.60 Å². The quantitative estimate of drug-likeness (QED) is 0.636. The van der Waals surface area contributed by atoms with Crippen molar-refractivity contribution in [3.8, 4) is 0 Å². The maximum atomic E-state index is 11.3. The number of aliphatic hydroxyl groups excluding tert-OH is 1. The van der Waals surface area contributed by atoms with Gasteiger partial charge in [-0.1, -0.05) is 44.6 Å². The molecule has 3 rings (SSSR count). The molecule has 26 heavy (non-hydrogen) atoms. The van der Waals surface area contributed by atoms with Gasteiger partial charge in [-0.3, -0.25) is 4.57 Å². The smallest absolute Gasteiger partial charge is 0.329 e. The molecule has 0 spiro atoms. The van der Waals surface area contributed by atoms with Crippen molar-refractivity contribution in [2.24, 2.45) is 11.8 Å². The molecule has 5 heteroatoms. The molecule has 0 aliphatic heterocycles. The van der Waals surface area contributed by atoms with Crippen LogP contribution in [0, 0.1) is 18.8 Å². The zero-order valence-corrected chi connectivity index (χ0v) is 16.9. The zero-order chi connectivity index (χ0) is 19.2. The third-order valence-electron chi connectivity index (χ3n) is 5.69. The lowest BCUT2D eigenvalue weighted by Gasteiger charge is -2.28. The van der Waals surface area contributed by atoms with Gasteiger partial charge in [0.25, 0.3) is 0 Å². The van der Waals surface area contributed by atoms with E-state index in [9.17, 15) is 19.5 Å². The number of hydrogen-bond donors (Lipinski definition) is 3. The van der Waals surface area contributed by atoms with E-state index >= 15 is 0 Å². The molecule has 2 unspecified atom stereocenters. The first kappa shape index (κ1) is 19.4. The summed E-state index contributed by atoms with van der Waals surface area (Å²) in [6, 6.07) is 3.91. The van der Waals surface area contributed by atoms with Crippen LogP contribution in [0.25, 0.3) is 0 Å². The predicted molar refractivity (Wildman–Crippen MR) is 104 cm³/mol. The van der Waals surface area contributed by atoms with Gasteiger partial charge in [-0.15, -0.1) is 0 Å². The van der Waals surface area contributed by atoms with E-state index in [4.69, 9.17) is 0 Å². The van der Waals surface area contributed by atoms with Crippen LogP contribution in [-0.2, 0) is 17.1 Å². The number of allylic oxidation sites excluding steroid dienone is 4. The number of aryl methyl sites for hydroxylation is 2. The number of benzene rings is 1. The monoisotopic (exact) mass is 376 g/mol. The predicted octanol–water partition coefficient (Wildman–Crippen LogP) is 5.14. The van der Waals surface area contributed by atoms with Crippen LogP contribution in [-0.4, -0.2) is 14.9 Å². The largest absolute Gasteiger partial charge is 0.512 e. The van der Waals surface area contributed by atoms with Gasteiger partial charge < -0.3 is 14.9 Å². The van der Waals surface area contributed by atoms with E-state index in [0.717, 1.165) is 36.0 Å². The molecule has 0 radical (unpaired) electrons. The van der Waals surface area contributed by atoms with E-state index in [1.54, 1.807) is 0 Å². The summed E-state index contributed by atoms with van der Waals surface area (Å²) >= 11 is 0. The molecule has 1 aromatic rings. The molecular formula is C21H29O4P. The fourth-order valence-electron chi connectivity index (χ4n) is 4.57. The molecule has 0 fully saturated rings. The number of rotatable bonds is 4. The van der Waals surface area contributed by atoms with E-state index in [1.807, 2.05) is 19.1 Å². The van der Waals surface area contributed by atoms with Gasteiger partial charge in [-0.05, 0) is 59.9 Å². The minimum atomic E-state index is -4.05. The van der Waals surface area contributed by atoms with E-state index in [-0.39, 0.29) is 12.1 Å². The topological polar surface area (TPSA) is 77.8 Å². The van der Waals surface area contributed by atoms with Crippen LogP contribution >= 0.6 is 7.60 Å². The first-order chi connectivity index (χ1) is 12.1. The average molecular weight is 376 g/mol. The number of aliphatic hydroxyl groups is 1. The molecule has 0 saturated carbocycles.